The minimum Gasteiger partial charge on any atom is -0.486 e. The van der Waals surface area contributed by atoms with E-state index in [0.29, 0.717) is 18.9 Å². The molecule has 2 aromatic rings. The maximum Gasteiger partial charge on any atom is 0.289 e. The first-order chi connectivity index (χ1) is 11.7. The highest BCUT2D eigenvalue weighted by molar-refractivity contribution is 5.91. The van der Waals surface area contributed by atoms with Crippen molar-refractivity contribution in [3.8, 4) is 5.75 Å². The van der Waals surface area contributed by atoms with Crippen LogP contribution in [0, 0.1) is 0 Å². The number of ether oxygens (including phenoxy) is 2. The number of nitrogens with zero attached hydrogens (tertiary/aromatic N) is 2. The van der Waals surface area contributed by atoms with Crippen LogP contribution in [-0.4, -0.2) is 47.2 Å². The maximum absolute atomic E-state index is 12.5. The zero-order valence-corrected chi connectivity index (χ0v) is 13.4. The van der Waals surface area contributed by atoms with Crippen molar-refractivity contribution in [2.45, 2.75) is 31.0 Å². The summed E-state index contributed by atoms with van der Waals surface area (Å²) in [5.41, 5.74) is -0.312. The van der Waals surface area contributed by atoms with Crippen LogP contribution in [0.25, 0.3) is 0 Å². The van der Waals surface area contributed by atoms with E-state index >= 15 is 0 Å². The Labute approximate surface area is 140 Å². The molecule has 1 spiro atoms. The van der Waals surface area contributed by atoms with Crippen LogP contribution in [0.1, 0.15) is 29.8 Å². The van der Waals surface area contributed by atoms with Crippen molar-refractivity contribution in [3.05, 3.63) is 48.7 Å². The number of furan rings is 1. The Morgan fingerprint density at radius 1 is 1.38 bits per heavy atom. The Morgan fingerprint density at radius 2 is 2.33 bits per heavy atom. The molecular formula is C18H20N2O4. The second-order valence-electron chi connectivity index (χ2n) is 6.43. The molecule has 1 amide bonds. The van der Waals surface area contributed by atoms with E-state index in [2.05, 4.69) is 4.98 Å². The smallest absolute Gasteiger partial charge is 0.289 e. The van der Waals surface area contributed by atoms with Crippen molar-refractivity contribution in [3.63, 3.8) is 0 Å². The Bertz CT molecular complexity index is 688. The lowest BCUT2D eigenvalue weighted by molar-refractivity contribution is -0.0458. The first kappa shape index (κ1) is 15.2. The van der Waals surface area contributed by atoms with Crippen molar-refractivity contribution < 1.29 is 18.7 Å². The highest BCUT2D eigenvalue weighted by Crippen LogP contribution is 2.36. The standard InChI is InChI=1S/C18H20N2O4/c21-17(16-5-2-9-22-16)20-8-3-6-18(13-20)10-15(12-23-18)24-14-4-1-7-19-11-14/h1-2,4-5,7,9,11,15H,3,6,8,10,12-13H2/t15-,18-/m1/s1. The molecule has 0 bridgehead atoms. The monoisotopic (exact) mass is 328 g/mol. The van der Waals surface area contributed by atoms with Crippen LogP contribution >= 0.6 is 0 Å². The topological polar surface area (TPSA) is 64.8 Å². The van der Waals surface area contributed by atoms with Crippen LogP contribution in [0.15, 0.2) is 47.3 Å². The van der Waals surface area contributed by atoms with Crippen molar-refractivity contribution in [1.82, 2.24) is 9.88 Å². The summed E-state index contributed by atoms with van der Waals surface area (Å²) in [7, 11) is 0. The number of hydrogen-bond donors (Lipinski definition) is 0. The molecule has 4 rings (SSSR count). The molecule has 2 aromatic heterocycles. The van der Waals surface area contributed by atoms with Crippen molar-refractivity contribution >= 4 is 5.91 Å². The van der Waals surface area contributed by atoms with E-state index in [1.54, 1.807) is 24.5 Å². The molecule has 2 atom stereocenters. The van der Waals surface area contributed by atoms with Crippen LogP contribution in [0.3, 0.4) is 0 Å². The fourth-order valence-corrected chi connectivity index (χ4v) is 3.60. The van der Waals surface area contributed by atoms with Crippen LogP contribution in [0.2, 0.25) is 0 Å². The number of piperidine rings is 1. The summed E-state index contributed by atoms with van der Waals surface area (Å²) in [5.74, 6) is 1.06. The quantitative estimate of drug-likeness (QED) is 0.866. The summed E-state index contributed by atoms with van der Waals surface area (Å²) in [6.45, 7) is 1.86. The Kier molecular flexibility index (Phi) is 3.98. The molecule has 2 saturated heterocycles. The largest absolute Gasteiger partial charge is 0.486 e. The molecule has 0 N–H and O–H groups in total. The van der Waals surface area contributed by atoms with Gasteiger partial charge in [-0.15, -0.1) is 0 Å². The van der Waals surface area contributed by atoms with E-state index < -0.39 is 0 Å². The van der Waals surface area contributed by atoms with Gasteiger partial charge in [-0.05, 0) is 37.1 Å². The summed E-state index contributed by atoms with van der Waals surface area (Å²) < 4.78 is 17.3. The minimum absolute atomic E-state index is 0.00661. The number of pyridine rings is 1. The van der Waals surface area contributed by atoms with Crippen LogP contribution in [0.4, 0.5) is 0 Å². The average molecular weight is 328 g/mol. The molecule has 0 saturated carbocycles. The summed E-state index contributed by atoms with van der Waals surface area (Å²) in [6, 6.07) is 7.18. The van der Waals surface area contributed by atoms with E-state index in [-0.39, 0.29) is 17.6 Å². The van der Waals surface area contributed by atoms with Gasteiger partial charge < -0.3 is 18.8 Å². The zero-order chi connectivity index (χ0) is 16.4. The van der Waals surface area contributed by atoms with Gasteiger partial charge in [0.15, 0.2) is 5.76 Å². The predicted molar refractivity (Wildman–Crippen MR) is 85.8 cm³/mol. The van der Waals surface area contributed by atoms with E-state index in [9.17, 15) is 4.79 Å². The van der Waals surface area contributed by atoms with Gasteiger partial charge in [-0.25, -0.2) is 0 Å². The van der Waals surface area contributed by atoms with Gasteiger partial charge in [0, 0.05) is 19.2 Å². The molecule has 0 radical (unpaired) electrons. The number of carbonyl (C=O) groups excluding carboxylic acids is 1. The van der Waals surface area contributed by atoms with Crippen molar-refractivity contribution in [1.29, 1.82) is 0 Å². The minimum atomic E-state index is -0.312. The van der Waals surface area contributed by atoms with E-state index in [0.717, 1.165) is 31.6 Å². The Hall–Kier alpha value is -2.34. The molecule has 126 valence electrons. The summed E-state index contributed by atoms with van der Waals surface area (Å²) in [6.07, 6.45) is 7.60. The lowest BCUT2D eigenvalue weighted by Crippen LogP contribution is -2.50. The third-order valence-corrected chi connectivity index (χ3v) is 4.67. The molecule has 2 fully saturated rings. The second kappa shape index (κ2) is 6.28. The molecule has 4 heterocycles. The fourth-order valence-electron chi connectivity index (χ4n) is 3.60. The number of likely N-dealkylation sites (tertiary alicyclic amines) is 1. The summed E-state index contributed by atoms with van der Waals surface area (Å²) in [4.78, 5) is 18.4. The summed E-state index contributed by atoms with van der Waals surface area (Å²) in [5, 5.41) is 0. The van der Waals surface area contributed by atoms with Crippen LogP contribution in [-0.2, 0) is 4.74 Å². The highest BCUT2D eigenvalue weighted by Gasteiger charge is 2.45. The van der Waals surface area contributed by atoms with Gasteiger partial charge in [-0.1, -0.05) is 0 Å². The van der Waals surface area contributed by atoms with Crippen LogP contribution in [0.5, 0.6) is 5.75 Å². The fraction of sp³-hybridized carbons (Fsp3) is 0.444. The van der Waals surface area contributed by atoms with Gasteiger partial charge in [0.05, 0.1) is 31.2 Å². The molecule has 0 aliphatic carbocycles. The lowest BCUT2D eigenvalue weighted by atomic mass is 9.89. The average Bonchev–Trinajstić information content (AvgIpc) is 3.26. The zero-order valence-electron chi connectivity index (χ0n) is 13.4. The Balaban J connectivity index is 1.41. The predicted octanol–water partition coefficient (Wildman–Crippen LogP) is 2.52. The number of amides is 1. The number of hydrogen-bond acceptors (Lipinski definition) is 5. The molecule has 24 heavy (non-hydrogen) atoms. The highest BCUT2D eigenvalue weighted by atomic mass is 16.6. The second-order valence-corrected chi connectivity index (χ2v) is 6.43. The number of rotatable bonds is 3. The van der Waals surface area contributed by atoms with E-state index in [4.69, 9.17) is 13.9 Å². The van der Waals surface area contributed by atoms with Gasteiger partial charge in [0.1, 0.15) is 11.9 Å². The molecule has 2 aliphatic rings. The van der Waals surface area contributed by atoms with Crippen molar-refractivity contribution in [2.24, 2.45) is 0 Å². The van der Waals surface area contributed by atoms with Gasteiger partial charge >= 0.3 is 0 Å². The summed E-state index contributed by atoms with van der Waals surface area (Å²) >= 11 is 0. The third kappa shape index (κ3) is 3.01. The number of aromatic nitrogens is 1. The maximum atomic E-state index is 12.5. The molecule has 6 heteroatoms. The van der Waals surface area contributed by atoms with Gasteiger partial charge in [-0.3, -0.25) is 9.78 Å². The third-order valence-electron chi connectivity index (χ3n) is 4.67. The Morgan fingerprint density at radius 3 is 3.12 bits per heavy atom. The number of carbonyl (C=O) groups is 1. The first-order valence-electron chi connectivity index (χ1n) is 8.28. The van der Waals surface area contributed by atoms with Gasteiger partial charge in [-0.2, -0.15) is 0 Å². The first-order valence-corrected chi connectivity index (χ1v) is 8.28. The van der Waals surface area contributed by atoms with E-state index in [1.165, 1.54) is 6.26 Å². The molecule has 6 nitrogen and oxygen atoms in total. The molecular weight excluding hydrogens is 308 g/mol. The van der Waals surface area contributed by atoms with E-state index in [1.807, 2.05) is 17.0 Å². The molecule has 0 unspecified atom stereocenters. The van der Waals surface area contributed by atoms with Gasteiger partial charge in [0.2, 0.25) is 0 Å². The normalized spacial score (nSPS) is 26.7. The van der Waals surface area contributed by atoms with Crippen molar-refractivity contribution in [2.75, 3.05) is 19.7 Å². The lowest BCUT2D eigenvalue weighted by Gasteiger charge is -2.39. The molecule has 0 aromatic carbocycles. The molecule has 2 aliphatic heterocycles. The SMILES string of the molecule is O=C(c1ccco1)N1CCC[C@@]2(C[C@@H](Oc3cccnc3)CO2)C1. The van der Waals surface area contributed by atoms with Crippen LogP contribution < -0.4 is 4.74 Å². The van der Waals surface area contributed by atoms with Gasteiger partial charge in [0.25, 0.3) is 5.91 Å².